The van der Waals surface area contributed by atoms with Gasteiger partial charge in [0.1, 0.15) is 11.4 Å². The van der Waals surface area contributed by atoms with E-state index in [9.17, 15) is 23.2 Å². The maximum Gasteiger partial charge on any atom is 0.415 e. The Morgan fingerprint density at radius 2 is 1.74 bits per heavy atom. The quantitative estimate of drug-likeness (QED) is 0.146. The molecule has 9 heteroatoms. The van der Waals surface area contributed by atoms with Crippen LogP contribution in [-0.4, -0.2) is 25.2 Å². The molecule has 0 bridgehead atoms. The van der Waals surface area contributed by atoms with Crippen LogP contribution >= 0.6 is 0 Å². The molecule has 0 aliphatic heterocycles. The highest BCUT2D eigenvalue weighted by atomic mass is 19.4. The second-order valence-corrected chi connectivity index (χ2v) is 10.2. The molecule has 218 valence electrons. The first-order valence-corrected chi connectivity index (χ1v) is 13.8. The summed E-state index contributed by atoms with van der Waals surface area (Å²) in [5, 5.41) is 18.2. The van der Waals surface area contributed by atoms with Crippen molar-refractivity contribution in [2.75, 3.05) is 23.8 Å². The predicted molar refractivity (Wildman–Crippen MR) is 158 cm³/mol. The van der Waals surface area contributed by atoms with Gasteiger partial charge in [-0.15, -0.1) is 0 Å². The zero-order chi connectivity index (χ0) is 30.1. The van der Waals surface area contributed by atoms with Crippen LogP contribution in [0, 0.1) is 17.2 Å². The number of hydrogen-bond donors (Lipinski definition) is 3. The molecular formula is C33H33F3N4O2. The predicted octanol–water partition coefficient (Wildman–Crippen LogP) is 7.49. The zero-order valence-electron chi connectivity index (χ0n) is 23.3. The number of alkyl halides is 3. The Bertz CT molecular complexity index is 1470. The van der Waals surface area contributed by atoms with Crippen LogP contribution in [0.1, 0.15) is 48.9 Å². The number of halogens is 3. The van der Waals surface area contributed by atoms with Crippen molar-refractivity contribution in [2.45, 2.75) is 38.4 Å². The molecule has 0 aromatic heterocycles. The third-order valence-electron chi connectivity index (χ3n) is 6.67. The number of nitrogens with one attached hydrogen (secondary N) is 3. The summed E-state index contributed by atoms with van der Waals surface area (Å²) >= 11 is 0. The fourth-order valence-corrected chi connectivity index (χ4v) is 4.24. The molecule has 0 heterocycles. The molecule has 3 N–H and O–H groups in total. The molecular weight excluding hydrogens is 541 g/mol. The van der Waals surface area contributed by atoms with Gasteiger partial charge in [-0.1, -0.05) is 43.8 Å². The molecule has 1 unspecified atom stereocenters. The third-order valence-corrected chi connectivity index (χ3v) is 6.67. The summed E-state index contributed by atoms with van der Waals surface area (Å²) in [4.78, 5) is 13.3. The molecule has 1 amide bonds. The number of allylic oxidation sites excluding steroid dienone is 2. The average molecular weight is 575 g/mol. The number of nitriles is 1. The summed E-state index contributed by atoms with van der Waals surface area (Å²) in [6, 6.07) is 23.0. The Labute approximate surface area is 243 Å². The molecule has 1 saturated carbocycles. The number of nitrogens with zero attached hydrogens (tertiary/aromatic N) is 1. The van der Waals surface area contributed by atoms with Gasteiger partial charge in [0, 0.05) is 11.4 Å². The van der Waals surface area contributed by atoms with Crippen LogP contribution in [0.4, 0.5) is 24.5 Å². The van der Waals surface area contributed by atoms with Crippen molar-refractivity contribution in [3.63, 3.8) is 0 Å². The van der Waals surface area contributed by atoms with Gasteiger partial charge in [-0.05, 0) is 91.4 Å². The summed E-state index contributed by atoms with van der Waals surface area (Å²) in [5.41, 5.74) is 1.33. The first-order chi connectivity index (χ1) is 20.2. The largest absolute Gasteiger partial charge is 0.494 e. The number of amides is 1. The molecule has 4 rings (SSSR count). The lowest BCUT2D eigenvalue weighted by Gasteiger charge is -2.21. The Hall–Kier alpha value is -4.55. The highest BCUT2D eigenvalue weighted by Crippen LogP contribution is 2.32. The average Bonchev–Trinajstić information content (AvgIpc) is 3.81. The molecule has 42 heavy (non-hydrogen) atoms. The number of carbonyl (C=O) groups is 1. The fraction of sp³-hybridized carbons (Fsp3) is 0.273. The van der Waals surface area contributed by atoms with E-state index in [0.29, 0.717) is 24.3 Å². The Balaban J connectivity index is 1.58. The summed E-state index contributed by atoms with van der Waals surface area (Å²) in [7, 11) is 0. The molecule has 6 nitrogen and oxygen atoms in total. The summed E-state index contributed by atoms with van der Waals surface area (Å²) in [6.07, 6.45) is -0.793. The molecule has 3 aromatic carbocycles. The molecule has 0 radical (unpaired) electrons. The molecule has 1 atom stereocenters. The van der Waals surface area contributed by atoms with Crippen molar-refractivity contribution < 1.29 is 22.7 Å². The molecule has 0 saturated heterocycles. The Kier molecular flexibility index (Phi) is 10.0. The highest BCUT2D eigenvalue weighted by Gasteiger charge is 2.31. The van der Waals surface area contributed by atoms with Gasteiger partial charge in [0.15, 0.2) is 0 Å². The van der Waals surface area contributed by atoms with Crippen molar-refractivity contribution >= 4 is 17.3 Å². The van der Waals surface area contributed by atoms with Gasteiger partial charge in [0.2, 0.25) is 0 Å². The van der Waals surface area contributed by atoms with Crippen molar-refractivity contribution in [2.24, 2.45) is 5.92 Å². The molecule has 1 fully saturated rings. The van der Waals surface area contributed by atoms with Crippen LogP contribution in [0.5, 0.6) is 5.75 Å². The van der Waals surface area contributed by atoms with Crippen molar-refractivity contribution in [1.82, 2.24) is 5.32 Å². The van der Waals surface area contributed by atoms with Gasteiger partial charge in [0.05, 0.1) is 29.9 Å². The zero-order valence-corrected chi connectivity index (χ0v) is 23.3. The lowest BCUT2D eigenvalue weighted by molar-refractivity contribution is -0.112. The van der Waals surface area contributed by atoms with Gasteiger partial charge in [-0.3, -0.25) is 4.79 Å². The summed E-state index contributed by atoms with van der Waals surface area (Å²) < 4.78 is 45.7. The molecule has 1 aliphatic carbocycles. The monoisotopic (exact) mass is 574 g/mol. The number of anilines is 2. The van der Waals surface area contributed by atoms with Crippen LogP contribution in [0.3, 0.4) is 0 Å². The van der Waals surface area contributed by atoms with Gasteiger partial charge in [0.25, 0.3) is 5.91 Å². The highest BCUT2D eigenvalue weighted by molar-refractivity contribution is 6.06. The van der Waals surface area contributed by atoms with Gasteiger partial charge >= 0.3 is 6.18 Å². The second-order valence-electron chi connectivity index (χ2n) is 10.2. The van der Waals surface area contributed by atoms with E-state index in [1.807, 2.05) is 43.3 Å². The SMILES string of the molecule is C=C(/C=C(\Nc1cccc(C#N)c1)C(=O)Nc1cccc(C(NCC2CC2)c2ccc(OCCC)cc2)c1)C(F)(F)F. The van der Waals surface area contributed by atoms with E-state index in [1.54, 1.807) is 36.4 Å². The third kappa shape index (κ3) is 8.72. The van der Waals surface area contributed by atoms with E-state index in [4.69, 9.17) is 4.74 Å². The number of hydrogen-bond acceptors (Lipinski definition) is 5. The normalized spacial score (nSPS) is 14.0. The van der Waals surface area contributed by atoms with Gasteiger partial charge in [-0.25, -0.2) is 0 Å². The van der Waals surface area contributed by atoms with Crippen LogP contribution in [0.2, 0.25) is 0 Å². The van der Waals surface area contributed by atoms with E-state index in [-0.39, 0.29) is 23.0 Å². The number of ether oxygens (including phenoxy) is 1. The maximum atomic E-state index is 13.3. The minimum Gasteiger partial charge on any atom is -0.494 e. The van der Waals surface area contributed by atoms with Gasteiger partial charge in [-0.2, -0.15) is 18.4 Å². The maximum absolute atomic E-state index is 13.3. The Morgan fingerprint density at radius 3 is 2.38 bits per heavy atom. The summed E-state index contributed by atoms with van der Waals surface area (Å²) in [5.74, 6) is 0.623. The topological polar surface area (TPSA) is 86.2 Å². The number of benzene rings is 3. The minimum atomic E-state index is -4.72. The minimum absolute atomic E-state index is 0.172. The van der Waals surface area contributed by atoms with Crippen molar-refractivity contribution in [3.8, 4) is 11.8 Å². The number of carbonyl (C=O) groups excluding carboxylic acids is 1. The van der Waals surface area contributed by atoms with Gasteiger partial charge < -0.3 is 20.7 Å². The first-order valence-electron chi connectivity index (χ1n) is 13.8. The fourth-order valence-electron chi connectivity index (χ4n) is 4.24. The van der Waals surface area contributed by atoms with Crippen LogP contribution in [0.25, 0.3) is 0 Å². The van der Waals surface area contributed by atoms with Crippen molar-refractivity contribution in [1.29, 1.82) is 5.26 Å². The Morgan fingerprint density at radius 1 is 1.05 bits per heavy atom. The molecule has 3 aromatic rings. The second kappa shape index (κ2) is 13.9. The lowest BCUT2D eigenvalue weighted by atomic mass is 9.97. The molecule has 0 spiro atoms. The molecule has 1 aliphatic rings. The van der Waals surface area contributed by atoms with E-state index >= 15 is 0 Å². The van der Waals surface area contributed by atoms with E-state index in [1.165, 1.54) is 18.9 Å². The van der Waals surface area contributed by atoms with Crippen LogP contribution < -0.4 is 20.7 Å². The van der Waals surface area contributed by atoms with Crippen molar-refractivity contribution in [3.05, 3.63) is 113 Å². The van der Waals surface area contributed by atoms with E-state index in [0.717, 1.165) is 29.8 Å². The van der Waals surface area contributed by atoms with Crippen LogP contribution in [-0.2, 0) is 4.79 Å². The standard InChI is InChI=1S/C33H33F3N4O2/c1-3-16-42-29-14-12-25(13-15-29)31(38-21-23-10-11-23)26-7-5-9-28(19-26)40-32(41)30(17-22(2)33(34,35)36)39-27-8-4-6-24(18-27)20-37/h4-9,12-15,17-19,23,31,38-39H,2-3,10-11,16,21H2,1H3,(H,40,41)/b30-17-. The van der Waals surface area contributed by atoms with E-state index in [2.05, 4.69) is 22.5 Å². The number of rotatable bonds is 13. The van der Waals surface area contributed by atoms with E-state index < -0.39 is 17.7 Å². The first kappa shape index (κ1) is 30.4. The lowest BCUT2D eigenvalue weighted by Crippen LogP contribution is -2.25. The van der Waals surface area contributed by atoms with Crippen LogP contribution in [0.15, 0.2) is 96.7 Å². The smallest absolute Gasteiger partial charge is 0.415 e. The summed E-state index contributed by atoms with van der Waals surface area (Å²) in [6.45, 7) is 6.60.